The number of nitrogens with one attached hydrogen (secondary N) is 2. The van der Waals surface area contributed by atoms with Crippen molar-refractivity contribution in [3.05, 3.63) is 46.2 Å². The normalized spacial score (nSPS) is 22.9. The van der Waals surface area contributed by atoms with Gasteiger partial charge in [0.25, 0.3) is 5.91 Å². The Balaban J connectivity index is 1.45. The van der Waals surface area contributed by atoms with E-state index in [1.54, 1.807) is 17.9 Å². The maximum Gasteiger partial charge on any atom is 0.573 e. The van der Waals surface area contributed by atoms with Gasteiger partial charge in [0.05, 0.1) is 11.8 Å². The van der Waals surface area contributed by atoms with Crippen LogP contribution in [0, 0.1) is 5.92 Å². The summed E-state index contributed by atoms with van der Waals surface area (Å²) in [7, 11) is 1.74. The minimum atomic E-state index is -4.84. The smallest absolute Gasteiger partial charge is 0.435 e. The Labute approximate surface area is 213 Å². The van der Waals surface area contributed by atoms with Gasteiger partial charge in [-0.3, -0.25) is 9.48 Å². The topological polar surface area (TPSA) is 107 Å². The first-order valence-electron chi connectivity index (χ1n) is 11.4. The van der Waals surface area contributed by atoms with Crippen LogP contribution in [0.1, 0.15) is 54.9 Å². The number of hydrogen-bond donors (Lipinski definition) is 2. The molecule has 1 saturated carbocycles. The van der Waals surface area contributed by atoms with Gasteiger partial charge in [-0.15, -0.1) is 13.2 Å². The van der Waals surface area contributed by atoms with Gasteiger partial charge in [-0.1, -0.05) is 15.9 Å². The van der Waals surface area contributed by atoms with Gasteiger partial charge in [-0.25, -0.2) is 10.2 Å². The number of hydrogen-bond acceptors (Lipinski definition) is 6. The number of aryl methyl sites for hydroxylation is 1. The number of amides is 2. The van der Waals surface area contributed by atoms with E-state index >= 15 is 0 Å². The molecule has 9 nitrogen and oxygen atoms in total. The van der Waals surface area contributed by atoms with Gasteiger partial charge in [0.1, 0.15) is 11.5 Å². The molecule has 2 aliphatic rings. The molecule has 2 heterocycles. The van der Waals surface area contributed by atoms with Crippen LogP contribution in [0.15, 0.2) is 40.2 Å². The lowest BCUT2D eigenvalue weighted by atomic mass is 9.73. The molecule has 1 aromatic carbocycles. The third kappa shape index (κ3) is 6.00. The minimum Gasteiger partial charge on any atom is -0.435 e. The zero-order chi connectivity index (χ0) is 26.1. The lowest BCUT2D eigenvalue weighted by Gasteiger charge is -2.42. The average Bonchev–Trinajstić information content (AvgIpc) is 3.23. The highest BCUT2D eigenvalue weighted by atomic mass is 79.9. The number of ether oxygens (including phenoxy) is 2. The van der Waals surface area contributed by atoms with E-state index in [0.29, 0.717) is 47.0 Å². The number of alkyl halides is 3. The molecule has 0 bridgehead atoms. The fourth-order valence-electron chi connectivity index (χ4n) is 4.76. The summed E-state index contributed by atoms with van der Waals surface area (Å²) in [5, 5.41) is 11.2. The van der Waals surface area contributed by atoms with E-state index in [9.17, 15) is 22.8 Å². The molecule has 0 unspecified atom stereocenters. The summed E-state index contributed by atoms with van der Waals surface area (Å²) >= 11 is 3.37. The quantitative estimate of drug-likeness (QED) is 0.524. The van der Waals surface area contributed by atoms with Gasteiger partial charge in [-0.05, 0) is 63.1 Å². The zero-order valence-corrected chi connectivity index (χ0v) is 21.1. The summed E-state index contributed by atoms with van der Waals surface area (Å²) < 4.78 is 50.1. The summed E-state index contributed by atoms with van der Waals surface area (Å²) in [4.78, 5) is 24.5. The number of aromatic nitrogens is 2. The van der Waals surface area contributed by atoms with Crippen LogP contribution in [0.5, 0.6) is 5.75 Å². The largest absolute Gasteiger partial charge is 0.573 e. The maximum atomic E-state index is 12.8. The second-order valence-corrected chi connectivity index (χ2v) is 9.96. The van der Waals surface area contributed by atoms with Crippen LogP contribution in [0.25, 0.3) is 0 Å². The van der Waals surface area contributed by atoms with E-state index in [1.165, 1.54) is 24.4 Å². The highest BCUT2D eigenvalue weighted by Gasteiger charge is 2.47. The van der Waals surface area contributed by atoms with E-state index in [-0.39, 0.29) is 17.9 Å². The van der Waals surface area contributed by atoms with Gasteiger partial charge >= 0.3 is 12.5 Å². The third-order valence-electron chi connectivity index (χ3n) is 6.35. The molecule has 0 saturated heterocycles. The lowest BCUT2D eigenvalue weighted by molar-refractivity contribution is -0.274. The van der Waals surface area contributed by atoms with E-state index in [4.69, 9.17) is 4.74 Å². The molecule has 1 spiro atoms. The first kappa shape index (κ1) is 26.0. The fraction of sp³-hybridized carbons (Fsp3) is 0.478. The lowest BCUT2D eigenvalue weighted by Crippen LogP contribution is -2.52. The zero-order valence-electron chi connectivity index (χ0n) is 19.6. The second kappa shape index (κ2) is 10.1. The van der Waals surface area contributed by atoms with Crippen molar-refractivity contribution in [1.82, 2.24) is 20.5 Å². The van der Waals surface area contributed by atoms with Crippen LogP contribution in [-0.2, 0) is 11.8 Å². The number of carbonyl (C=O) groups excluding carboxylic acids is 2. The van der Waals surface area contributed by atoms with Gasteiger partial charge in [0.15, 0.2) is 5.60 Å². The molecule has 1 aliphatic heterocycles. The van der Waals surface area contributed by atoms with Crippen LogP contribution < -0.4 is 15.5 Å². The predicted octanol–water partition coefficient (Wildman–Crippen LogP) is 4.66. The molecule has 2 amide bonds. The Bertz CT molecular complexity index is 1170. The SMILES string of the molecule is C[C@@H](CC1CCC2(CC1)OC(=O)NN=C2c1cc(OC(F)(F)F)ccc1Br)NC(=O)c1cnn(C)c1. The molecule has 36 heavy (non-hydrogen) atoms. The van der Waals surface area contributed by atoms with Crippen molar-refractivity contribution in [3.8, 4) is 5.75 Å². The third-order valence-corrected chi connectivity index (χ3v) is 7.04. The van der Waals surface area contributed by atoms with Crippen LogP contribution in [0.4, 0.5) is 18.0 Å². The summed E-state index contributed by atoms with van der Waals surface area (Å²) in [6, 6.07) is 3.75. The van der Waals surface area contributed by atoms with Gasteiger partial charge in [0.2, 0.25) is 0 Å². The van der Waals surface area contributed by atoms with Crippen LogP contribution in [-0.4, -0.2) is 45.5 Å². The number of nitrogens with zero attached hydrogens (tertiary/aromatic N) is 3. The second-order valence-electron chi connectivity index (χ2n) is 9.10. The van der Waals surface area contributed by atoms with Crippen LogP contribution in [0.2, 0.25) is 0 Å². The van der Waals surface area contributed by atoms with Crippen molar-refractivity contribution in [1.29, 1.82) is 0 Å². The van der Waals surface area contributed by atoms with Crippen molar-refractivity contribution in [2.45, 2.75) is 57.0 Å². The molecule has 0 radical (unpaired) electrons. The Kier molecular flexibility index (Phi) is 7.30. The first-order chi connectivity index (χ1) is 16.9. The predicted molar refractivity (Wildman–Crippen MR) is 126 cm³/mol. The summed E-state index contributed by atoms with van der Waals surface area (Å²) in [6.45, 7) is 1.93. The summed E-state index contributed by atoms with van der Waals surface area (Å²) in [6.07, 6.45) is 0.534. The van der Waals surface area contributed by atoms with Crippen LogP contribution >= 0.6 is 15.9 Å². The number of carbonyl (C=O) groups is 2. The molecule has 194 valence electrons. The number of halogens is 4. The molecule has 2 N–H and O–H groups in total. The van der Waals surface area contributed by atoms with Gasteiger partial charge in [0, 0.05) is 29.3 Å². The first-order valence-corrected chi connectivity index (χ1v) is 12.2. The molecule has 1 fully saturated rings. The fourth-order valence-corrected chi connectivity index (χ4v) is 5.20. The molecular formula is C23H25BrF3N5O4. The Hall–Kier alpha value is -3.09. The molecular weight excluding hydrogens is 547 g/mol. The Morgan fingerprint density at radius 3 is 2.75 bits per heavy atom. The van der Waals surface area contributed by atoms with Crippen molar-refractivity contribution >= 4 is 33.6 Å². The van der Waals surface area contributed by atoms with Crippen molar-refractivity contribution < 1.29 is 32.2 Å². The van der Waals surface area contributed by atoms with E-state index in [2.05, 4.69) is 41.6 Å². The summed E-state index contributed by atoms with van der Waals surface area (Å²) in [5.74, 6) is -0.351. The number of rotatable bonds is 6. The molecule has 2 aromatic rings. The number of hydrazone groups is 1. The Morgan fingerprint density at radius 1 is 1.39 bits per heavy atom. The molecule has 1 aliphatic carbocycles. The van der Waals surface area contributed by atoms with E-state index in [0.717, 1.165) is 6.42 Å². The minimum absolute atomic E-state index is 0.0918. The van der Waals surface area contributed by atoms with Gasteiger partial charge < -0.3 is 14.8 Å². The molecule has 1 atom stereocenters. The summed E-state index contributed by atoms with van der Waals surface area (Å²) in [5.41, 5.74) is 2.34. The van der Waals surface area contributed by atoms with E-state index < -0.39 is 23.8 Å². The monoisotopic (exact) mass is 571 g/mol. The molecule has 13 heteroatoms. The van der Waals surface area contributed by atoms with Crippen LogP contribution in [0.3, 0.4) is 0 Å². The Morgan fingerprint density at radius 2 is 2.11 bits per heavy atom. The van der Waals surface area contributed by atoms with Gasteiger partial charge in [-0.2, -0.15) is 10.2 Å². The van der Waals surface area contributed by atoms with Crippen molar-refractivity contribution in [2.24, 2.45) is 18.1 Å². The molecule has 1 aromatic heterocycles. The highest BCUT2D eigenvalue weighted by Crippen LogP contribution is 2.42. The molecule has 4 rings (SSSR count). The van der Waals surface area contributed by atoms with Crippen molar-refractivity contribution in [2.75, 3.05) is 0 Å². The standard InChI is InChI=1S/C23H25BrF3N5O4/c1-13(29-20(33)15-11-28-32(2)12-15)9-14-5-7-22(8-6-14)19(30-31-21(34)36-22)17-10-16(3-4-18(17)24)35-23(25,26)27/h3-4,10-14H,5-9H2,1-2H3,(H,29,33)(H,31,34)/t13-,14?,22?/m0/s1. The number of benzene rings is 1. The maximum absolute atomic E-state index is 12.8. The van der Waals surface area contributed by atoms with E-state index in [1.807, 2.05) is 6.92 Å². The average molecular weight is 572 g/mol. The van der Waals surface area contributed by atoms with Crippen molar-refractivity contribution in [3.63, 3.8) is 0 Å². The highest BCUT2D eigenvalue weighted by molar-refractivity contribution is 9.10.